The quantitative estimate of drug-likeness (QED) is 0.806. The summed E-state index contributed by atoms with van der Waals surface area (Å²) in [6.07, 6.45) is 2.94. The highest BCUT2D eigenvalue weighted by Crippen LogP contribution is 2.17. The summed E-state index contributed by atoms with van der Waals surface area (Å²) in [5.41, 5.74) is 1.74. The molecule has 0 aliphatic heterocycles. The topological polar surface area (TPSA) is 50.8 Å². The molecule has 0 N–H and O–H groups in total. The molecular formula is C13H13N3O. The first-order chi connectivity index (χ1) is 8.35. The molecule has 17 heavy (non-hydrogen) atoms. The van der Waals surface area contributed by atoms with Gasteiger partial charge in [0.1, 0.15) is 0 Å². The molecule has 0 fully saturated rings. The first-order valence-corrected chi connectivity index (χ1v) is 5.46. The average Bonchev–Trinajstić information content (AvgIpc) is 2.86. The highest BCUT2D eigenvalue weighted by atomic mass is 16.5. The highest BCUT2D eigenvalue weighted by Gasteiger charge is 2.12. The van der Waals surface area contributed by atoms with Gasteiger partial charge in [0.15, 0.2) is 6.10 Å². The molecule has 1 aromatic heterocycles. The number of para-hydroxylation sites is 1. The third kappa shape index (κ3) is 2.52. The fraction of sp³-hybridized carbons (Fsp3) is 0.231. The largest absolute Gasteiger partial charge is 0.359 e. The summed E-state index contributed by atoms with van der Waals surface area (Å²) in [5, 5.41) is 13.2. The van der Waals surface area contributed by atoms with Gasteiger partial charge >= 0.3 is 0 Å². The van der Waals surface area contributed by atoms with Crippen LogP contribution in [-0.4, -0.2) is 16.4 Å². The van der Waals surface area contributed by atoms with Gasteiger partial charge in [0, 0.05) is 18.4 Å². The Labute approximate surface area is 100 Å². The monoisotopic (exact) mass is 227 g/mol. The second-order valence-corrected chi connectivity index (χ2v) is 3.52. The smallest absolute Gasteiger partial charge is 0.172 e. The molecule has 1 heterocycles. The van der Waals surface area contributed by atoms with E-state index in [-0.39, 0.29) is 0 Å². The van der Waals surface area contributed by atoms with Gasteiger partial charge in [-0.25, -0.2) is 4.68 Å². The highest BCUT2D eigenvalue weighted by molar-refractivity contribution is 5.31. The molecule has 0 spiro atoms. The molecule has 86 valence electrons. The molecular weight excluding hydrogens is 214 g/mol. The van der Waals surface area contributed by atoms with Crippen LogP contribution in [0.3, 0.4) is 0 Å². The van der Waals surface area contributed by atoms with E-state index in [2.05, 4.69) is 11.2 Å². The molecule has 0 saturated carbocycles. The second kappa shape index (κ2) is 5.28. The Morgan fingerprint density at radius 2 is 2.18 bits per heavy atom. The van der Waals surface area contributed by atoms with Crippen molar-refractivity contribution in [1.82, 2.24) is 9.78 Å². The van der Waals surface area contributed by atoms with Gasteiger partial charge in [-0.2, -0.15) is 10.4 Å². The van der Waals surface area contributed by atoms with Gasteiger partial charge in [-0.15, -0.1) is 0 Å². The van der Waals surface area contributed by atoms with Crippen LogP contribution in [0.5, 0.6) is 0 Å². The van der Waals surface area contributed by atoms with E-state index in [4.69, 9.17) is 10.00 Å². The lowest BCUT2D eigenvalue weighted by Gasteiger charge is -2.05. The van der Waals surface area contributed by atoms with E-state index in [1.54, 1.807) is 10.9 Å². The zero-order chi connectivity index (χ0) is 12.1. The van der Waals surface area contributed by atoms with Crippen molar-refractivity contribution in [2.75, 3.05) is 6.61 Å². The molecule has 2 rings (SSSR count). The third-order valence-corrected chi connectivity index (χ3v) is 2.38. The fourth-order valence-electron chi connectivity index (χ4n) is 1.57. The van der Waals surface area contributed by atoms with E-state index < -0.39 is 6.10 Å². The number of hydrogen-bond acceptors (Lipinski definition) is 3. The minimum absolute atomic E-state index is 0.509. The average molecular weight is 227 g/mol. The molecule has 0 saturated heterocycles. The van der Waals surface area contributed by atoms with Crippen LogP contribution in [0, 0.1) is 11.3 Å². The third-order valence-electron chi connectivity index (χ3n) is 2.38. The summed E-state index contributed by atoms with van der Waals surface area (Å²) in [7, 11) is 0. The van der Waals surface area contributed by atoms with Crippen molar-refractivity contribution in [1.29, 1.82) is 5.26 Å². The molecule has 0 bridgehead atoms. The Morgan fingerprint density at radius 1 is 1.41 bits per heavy atom. The first kappa shape index (κ1) is 11.4. The van der Waals surface area contributed by atoms with Crippen molar-refractivity contribution in [3.63, 3.8) is 0 Å². The molecule has 1 unspecified atom stereocenters. The molecule has 0 aliphatic rings. The van der Waals surface area contributed by atoms with Crippen molar-refractivity contribution in [3.05, 3.63) is 48.3 Å². The summed E-state index contributed by atoms with van der Waals surface area (Å²) in [4.78, 5) is 0. The van der Waals surface area contributed by atoms with Crippen LogP contribution < -0.4 is 0 Å². The first-order valence-electron chi connectivity index (χ1n) is 5.46. The van der Waals surface area contributed by atoms with Crippen LogP contribution in [0.4, 0.5) is 0 Å². The van der Waals surface area contributed by atoms with Crippen molar-refractivity contribution in [3.8, 4) is 11.8 Å². The van der Waals surface area contributed by atoms with Crippen molar-refractivity contribution >= 4 is 0 Å². The van der Waals surface area contributed by atoms with Gasteiger partial charge in [0.05, 0.1) is 18.0 Å². The van der Waals surface area contributed by atoms with Gasteiger partial charge in [0.2, 0.25) is 0 Å². The van der Waals surface area contributed by atoms with E-state index in [1.165, 1.54) is 0 Å². The summed E-state index contributed by atoms with van der Waals surface area (Å²) < 4.78 is 7.05. The number of benzene rings is 1. The van der Waals surface area contributed by atoms with E-state index in [9.17, 15) is 0 Å². The van der Waals surface area contributed by atoms with Gasteiger partial charge < -0.3 is 4.74 Å². The van der Waals surface area contributed by atoms with Crippen LogP contribution in [0.1, 0.15) is 18.6 Å². The number of rotatable bonds is 4. The summed E-state index contributed by atoms with van der Waals surface area (Å²) in [6.45, 7) is 2.38. The predicted octanol–water partition coefficient (Wildman–Crippen LogP) is 2.47. The van der Waals surface area contributed by atoms with Crippen molar-refractivity contribution in [2.45, 2.75) is 13.0 Å². The summed E-state index contributed by atoms with van der Waals surface area (Å²) in [5.74, 6) is 0. The van der Waals surface area contributed by atoms with Crippen molar-refractivity contribution < 1.29 is 4.74 Å². The summed E-state index contributed by atoms with van der Waals surface area (Å²) in [6, 6.07) is 11.9. The Hall–Kier alpha value is -2.12. The van der Waals surface area contributed by atoms with Gasteiger partial charge in [-0.3, -0.25) is 0 Å². The van der Waals surface area contributed by atoms with Crippen LogP contribution in [0.2, 0.25) is 0 Å². The van der Waals surface area contributed by atoms with Crippen LogP contribution >= 0.6 is 0 Å². The molecule has 1 aromatic carbocycles. The lowest BCUT2D eigenvalue weighted by atomic mass is 10.2. The number of hydrogen-bond donors (Lipinski definition) is 0. The van der Waals surface area contributed by atoms with E-state index in [0.717, 1.165) is 11.3 Å². The predicted molar refractivity (Wildman–Crippen MR) is 63.5 cm³/mol. The number of nitriles is 1. The zero-order valence-corrected chi connectivity index (χ0v) is 9.58. The Morgan fingerprint density at radius 3 is 2.82 bits per heavy atom. The van der Waals surface area contributed by atoms with E-state index >= 15 is 0 Å². The lowest BCUT2D eigenvalue weighted by Crippen LogP contribution is -2.00. The maximum absolute atomic E-state index is 8.98. The molecule has 0 aliphatic carbocycles. The Balaban J connectivity index is 2.25. The SMILES string of the molecule is CCOC(C#N)c1cnn(-c2ccccc2)c1. The molecule has 4 heteroatoms. The van der Waals surface area contributed by atoms with Crippen LogP contribution in [-0.2, 0) is 4.74 Å². The molecule has 4 nitrogen and oxygen atoms in total. The number of ether oxygens (including phenoxy) is 1. The number of aromatic nitrogens is 2. The molecule has 0 amide bonds. The minimum Gasteiger partial charge on any atom is -0.359 e. The molecule has 1 atom stereocenters. The summed E-state index contributed by atoms with van der Waals surface area (Å²) >= 11 is 0. The normalized spacial score (nSPS) is 12.0. The standard InChI is InChI=1S/C13H13N3O/c1-2-17-13(8-14)11-9-15-16(10-11)12-6-4-3-5-7-12/h3-7,9-10,13H,2H2,1H3. The molecule has 0 radical (unpaired) electrons. The number of nitrogens with zero attached hydrogens (tertiary/aromatic N) is 3. The maximum atomic E-state index is 8.98. The van der Waals surface area contributed by atoms with E-state index in [0.29, 0.717) is 6.61 Å². The van der Waals surface area contributed by atoms with Crippen molar-refractivity contribution in [2.24, 2.45) is 0 Å². The zero-order valence-electron chi connectivity index (χ0n) is 9.58. The molecule has 2 aromatic rings. The van der Waals surface area contributed by atoms with E-state index in [1.807, 2.05) is 43.5 Å². The van der Waals surface area contributed by atoms with Crippen LogP contribution in [0.15, 0.2) is 42.7 Å². The fourth-order valence-corrected chi connectivity index (χ4v) is 1.57. The maximum Gasteiger partial charge on any atom is 0.172 e. The Kier molecular flexibility index (Phi) is 3.53. The van der Waals surface area contributed by atoms with Gasteiger partial charge in [-0.05, 0) is 19.1 Å². The lowest BCUT2D eigenvalue weighted by molar-refractivity contribution is 0.102. The minimum atomic E-state index is -0.544. The van der Waals surface area contributed by atoms with Gasteiger partial charge in [-0.1, -0.05) is 18.2 Å². The van der Waals surface area contributed by atoms with Crippen LogP contribution in [0.25, 0.3) is 5.69 Å². The van der Waals surface area contributed by atoms with Gasteiger partial charge in [0.25, 0.3) is 0 Å². The second-order valence-electron chi connectivity index (χ2n) is 3.52. The Bertz CT molecular complexity index is 513.